The molecule has 0 aliphatic carbocycles. The Morgan fingerprint density at radius 1 is 1.21 bits per heavy atom. The van der Waals surface area contributed by atoms with Gasteiger partial charge in [0.15, 0.2) is 0 Å². The van der Waals surface area contributed by atoms with Gasteiger partial charge in [-0.2, -0.15) is 0 Å². The molecule has 2 aromatic carbocycles. The van der Waals surface area contributed by atoms with Crippen LogP contribution in [0.5, 0.6) is 11.5 Å². The zero-order valence-corrected chi connectivity index (χ0v) is 19.9. The quantitative estimate of drug-likeness (QED) is 0.481. The van der Waals surface area contributed by atoms with Crippen LogP contribution in [-0.2, 0) is 4.79 Å². The van der Waals surface area contributed by atoms with E-state index in [4.69, 9.17) is 32.7 Å². The maximum Gasteiger partial charge on any atom is 0.246 e. The lowest BCUT2D eigenvalue weighted by molar-refractivity contribution is -0.127. The van der Waals surface area contributed by atoms with E-state index in [1.165, 1.54) is 6.08 Å². The van der Waals surface area contributed by atoms with Gasteiger partial charge in [-0.15, -0.1) is 0 Å². The average molecular weight is 487 g/mol. The fourth-order valence-corrected chi connectivity index (χ4v) is 4.72. The van der Waals surface area contributed by atoms with Crippen LogP contribution in [0.3, 0.4) is 0 Å². The number of ether oxygens (including phenoxy) is 2. The Kier molecular flexibility index (Phi) is 6.91. The predicted molar refractivity (Wildman–Crippen MR) is 132 cm³/mol. The minimum atomic E-state index is -0.0556. The minimum Gasteiger partial charge on any atom is -0.495 e. The lowest BCUT2D eigenvalue weighted by Crippen LogP contribution is -2.44. The predicted octanol–water partition coefficient (Wildman–Crippen LogP) is 5.21. The van der Waals surface area contributed by atoms with E-state index in [9.17, 15) is 4.79 Å². The van der Waals surface area contributed by atoms with E-state index in [1.54, 1.807) is 31.4 Å². The summed E-state index contributed by atoms with van der Waals surface area (Å²) in [4.78, 5) is 22.8. The first kappa shape index (κ1) is 23.1. The number of carbonyl (C=O) groups excluding carboxylic acids is 1. The van der Waals surface area contributed by atoms with E-state index in [-0.39, 0.29) is 11.9 Å². The zero-order valence-electron chi connectivity index (χ0n) is 18.4. The molecule has 1 N–H and O–H groups in total. The zero-order chi connectivity index (χ0) is 23.5. The van der Waals surface area contributed by atoms with Gasteiger partial charge in [0.25, 0.3) is 0 Å². The maximum atomic E-state index is 11.9. The van der Waals surface area contributed by atoms with Crippen LogP contribution in [0, 0.1) is 0 Å². The van der Waals surface area contributed by atoms with E-state index >= 15 is 0 Å². The molecular formula is C24H24Cl2N4O3. The number of rotatable bonds is 6. The number of benzene rings is 2. The summed E-state index contributed by atoms with van der Waals surface area (Å²) in [5.41, 5.74) is 2.19. The molecule has 4 rings (SSSR count). The molecule has 33 heavy (non-hydrogen) atoms. The van der Waals surface area contributed by atoms with E-state index in [0.717, 1.165) is 35.9 Å². The summed E-state index contributed by atoms with van der Waals surface area (Å²) in [6.45, 7) is 4.91. The van der Waals surface area contributed by atoms with E-state index in [0.29, 0.717) is 39.6 Å². The number of aromatic nitrogens is 2. The standard InChI is InChI=1S/C24H24Cl2N4O3/c1-4-20(31)30-9-5-6-16(13-30)28-24-27-12-15-10-14(7-8-17(15)29-24)21-22(25)18(32-2)11-19(33-3)23(21)26/h4,7-8,10-12,16H,1,5-6,9,13H2,2-3H3,(H,27,28,29)/t16-/m1/s1. The van der Waals surface area contributed by atoms with Gasteiger partial charge in [0.05, 0.1) is 29.8 Å². The number of carbonyl (C=O) groups is 1. The topological polar surface area (TPSA) is 76.6 Å². The van der Waals surface area contributed by atoms with Crippen molar-refractivity contribution in [3.63, 3.8) is 0 Å². The van der Waals surface area contributed by atoms with E-state index in [1.807, 2.05) is 18.2 Å². The molecule has 0 saturated carbocycles. The molecule has 9 heteroatoms. The monoisotopic (exact) mass is 486 g/mol. The number of fused-ring (bicyclic) bond motifs is 1. The van der Waals surface area contributed by atoms with Crippen LogP contribution in [0.2, 0.25) is 10.0 Å². The summed E-state index contributed by atoms with van der Waals surface area (Å²) in [5, 5.41) is 4.98. The third-order valence-electron chi connectivity index (χ3n) is 5.68. The largest absolute Gasteiger partial charge is 0.495 e. The highest BCUT2D eigenvalue weighted by atomic mass is 35.5. The van der Waals surface area contributed by atoms with E-state index < -0.39 is 0 Å². The third-order valence-corrected chi connectivity index (χ3v) is 6.43. The van der Waals surface area contributed by atoms with Crippen LogP contribution in [0.4, 0.5) is 5.95 Å². The number of hydrogen-bond acceptors (Lipinski definition) is 6. The lowest BCUT2D eigenvalue weighted by Gasteiger charge is -2.32. The van der Waals surface area contributed by atoms with Gasteiger partial charge in [0.2, 0.25) is 11.9 Å². The molecule has 7 nitrogen and oxygen atoms in total. The van der Waals surface area contributed by atoms with Crippen molar-refractivity contribution in [1.82, 2.24) is 14.9 Å². The number of piperidine rings is 1. The highest BCUT2D eigenvalue weighted by Crippen LogP contribution is 2.46. The van der Waals surface area contributed by atoms with Gasteiger partial charge in [0, 0.05) is 42.3 Å². The minimum absolute atomic E-state index is 0.0556. The second-order valence-electron chi connectivity index (χ2n) is 7.72. The van der Waals surface area contributed by atoms with Crippen molar-refractivity contribution >= 4 is 46.0 Å². The first-order chi connectivity index (χ1) is 15.9. The van der Waals surface area contributed by atoms with Crippen molar-refractivity contribution in [2.24, 2.45) is 0 Å². The summed E-state index contributed by atoms with van der Waals surface area (Å²) in [5.74, 6) is 1.41. The number of likely N-dealkylation sites (tertiary alicyclic amines) is 1. The van der Waals surface area contributed by atoms with Crippen molar-refractivity contribution in [1.29, 1.82) is 0 Å². The Bertz CT molecular complexity index is 1190. The number of hydrogen-bond donors (Lipinski definition) is 1. The molecule has 3 aromatic rings. The normalized spacial score (nSPS) is 15.9. The van der Waals surface area contributed by atoms with Crippen LogP contribution in [0.25, 0.3) is 22.0 Å². The fourth-order valence-electron chi connectivity index (χ4n) is 4.00. The Morgan fingerprint density at radius 2 is 1.94 bits per heavy atom. The third kappa shape index (κ3) is 4.70. The fraction of sp³-hybridized carbons (Fsp3) is 0.292. The Labute approximate surface area is 202 Å². The molecule has 0 radical (unpaired) electrons. The number of amides is 1. The molecule has 2 heterocycles. The number of methoxy groups -OCH3 is 2. The van der Waals surface area contributed by atoms with Gasteiger partial charge in [0.1, 0.15) is 11.5 Å². The Morgan fingerprint density at radius 3 is 2.61 bits per heavy atom. The van der Waals surface area contributed by atoms with Crippen LogP contribution in [0.15, 0.2) is 43.1 Å². The average Bonchev–Trinajstić information content (AvgIpc) is 2.84. The molecule has 1 fully saturated rings. The first-order valence-electron chi connectivity index (χ1n) is 10.5. The summed E-state index contributed by atoms with van der Waals surface area (Å²) in [6, 6.07) is 7.46. The highest BCUT2D eigenvalue weighted by molar-refractivity contribution is 6.41. The molecule has 1 aliphatic heterocycles. The van der Waals surface area contributed by atoms with Crippen LogP contribution in [0.1, 0.15) is 12.8 Å². The van der Waals surface area contributed by atoms with E-state index in [2.05, 4.69) is 21.9 Å². The van der Waals surface area contributed by atoms with Gasteiger partial charge in [-0.25, -0.2) is 9.97 Å². The summed E-state index contributed by atoms with van der Waals surface area (Å²) in [7, 11) is 3.08. The summed E-state index contributed by atoms with van der Waals surface area (Å²) < 4.78 is 10.8. The van der Waals surface area contributed by atoms with Gasteiger partial charge in [-0.3, -0.25) is 4.79 Å². The van der Waals surface area contributed by atoms with Crippen molar-refractivity contribution in [2.45, 2.75) is 18.9 Å². The first-order valence-corrected chi connectivity index (χ1v) is 11.3. The SMILES string of the molecule is C=CC(=O)N1CCC[C@@H](Nc2ncc3cc(-c4c(Cl)c(OC)cc(OC)c4Cl)ccc3n2)C1. The highest BCUT2D eigenvalue weighted by Gasteiger charge is 2.23. The van der Waals surface area contributed by atoms with Crippen molar-refractivity contribution in [2.75, 3.05) is 32.6 Å². The molecule has 0 spiro atoms. The van der Waals surface area contributed by atoms with Crippen molar-refractivity contribution in [3.05, 3.63) is 53.2 Å². The second-order valence-corrected chi connectivity index (χ2v) is 8.48. The molecule has 1 aromatic heterocycles. The summed E-state index contributed by atoms with van der Waals surface area (Å²) in [6.07, 6.45) is 4.96. The van der Waals surface area contributed by atoms with Crippen LogP contribution < -0.4 is 14.8 Å². The molecule has 1 atom stereocenters. The van der Waals surface area contributed by atoms with Gasteiger partial charge < -0.3 is 19.7 Å². The van der Waals surface area contributed by atoms with Gasteiger partial charge in [-0.05, 0) is 36.6 Å². The Balaban J connectivity index is 1.62. The molecule has 1 amide bonds. The molecule has 1 aliphatic rings. The maximum absolute atomic E-state index is 11.9. The number of anilines is 1. The van der Waals surface area contributed by atoms with Gasteiger partial charge in [-0.1, -0.05) is 35.8 Å². The molecule has 1 saturated heterocycles. The van der Waals surface area contributed by atoms with Crippen molar-refractivity contribution < 1.29 is 14.3 Å². The summed E-state index contributed by atoms with van der Waals surface area (Å²) >= 11 is 13.1. The molecular weight excluding hydrogens is 463 g/mol. The smallest absolute Gasteiger partial charge is 0.246 e. The van der Waals surface area contributed by atoms with Crippen LogP contribution in [-0.4, -0.2) is 54.1 Å². The number of nitrogens with one attached hydrogen (secondary N) is 1. The van der Waals surface area contributed by atoms with Crippen LogP contribution >= 0.6 is 23.2 Å². The van der Waals surface area contributed by atoms with Gasteiger partial charge >= 0.3 is 0 Å². The lowest BCUT2D eigenvalue weighted by atomic mass is 10.0. The molecule has 0 bridgehead atoms. The number of nitrogens with zero attached hydrogens (tertiary/aromatic N) is 3. The molecule has 172 valence electrons. The Hall–Kier alpha value is -3.03. The number of halogens is 2. The second kappa shape index (κ2) is 9.85. The molecule has 0 unspecified atom stereocenters. The van der Waals surface area contributed by atoms with Crippen molar-refractivity contribution in [3.8, 4) is 22.6 Å².